The number of hydrogen-bond donors (Lipinski definition) is 3. The SMILES string of the molecule is CCOCCOc1ccc(C2CC(=O)NC(c3cc(CNC(=O)C(C)C)ccc3C(F)(F)F)N2)cn1. The smallest absolute Gasteiger partial charge is 0.416 e. The van der Waals surface area contributed by atoms with Crippen LogP contribution in [-0.4, -0.2) is 36.6 Å². The Labute approximate surface area is 208 Å². The van der Waals surface area contributed by atoms with Crippen LogP contribution in [0.2, 0.25) is 0 Å². The van der Waals surface area contributed by atoms with E-state index in [2.05, 4.69) is 20.9 Å². The fourth-order valence-corrected chi connectivity index (χ4v) is 3.73. The van der Waals surface area contributed by atoms with E-state index >= 15 is 0 Å². The molecule has 1 aromatic heterocycles. The summed E-state index contributed by atoms with van der Waals surface area (Å²) in [6.07, 6.45) is -4.15. The highest BCUT2D eigenvalue weighted by Crippen LogP contribution is 2.36. The number of benzene rings is 1. The predicted molar refractivity (Wildman–Crippen MR) is 126 cm³/mol. The molecule has 1 aromatic carbocycles. The third-order valence-electron chi connectivity index (χ3n) is 5.63. The number of carbonyl (C=O) groups excluding carboxylic acids is 2. The highest BCUT2D eigenvalue weighted by molar-refractivity contribution is 5.78. The number of amides is 2. The monoisotopic (exact) mass is 508 g/mol. The summed E-state index contributed by atoms with van der Waals surface area (Å²) in [4.78, 5) is 28.6. The van der Waals surface area contributed by atoms with Crippen LogP contribution >= 0.6 is 0 Å². The molecule has 1 aliphatic rings. The third-order valence-corrected chi connectivity index (χ3v) is 5.63. The Morgan fingerprint density at radius 1 is 1.22 bits per heavy atom. The van der Waals surface area contributed by atoms with Crippen LogP contribution in [0.25, 0.3) is 0 Å². The first-order chi connectivity index (χ1) is 17.1. The van der Waals surface area contributed by atoms with Gasteiger partial charge in [0, 0.05) is 49.4 Å². The summed E-state index contributed by atoms with van der Waals surface area (Å²) >= 11 is 0. The Kier molecular flexibility index (Phi) is 9.27. The van der Waals surface area contributed by atoms with Crippen molar-refractivity contribution in [2.45, 2.75) is 52.1 Å². The van der Waals surface area contributed by atoms with Gasteiger partial charge in [0.05, 0.1) is 12.2 Å². The Hall–Kier alpha value is -3.18. The molecule has 0 saturated carbocycles. The van der Waals surface area contributed by atoms with Crippen molar-refractivity contribution in [1.82, 2.24) is 20.9 Å². The van der Waals surface area contributed by atoms with Crippen molar-refractivity contribution in [2.75, 3.05) is 19.8 Å². The summed E-state index contributed by atoms with van der Waals surface area (Å²) in [7, 11) is 0. The van der Waals surface area contributed by atoms with E-state index in [0.29, 0.717) is 36.8 Å². The molecular weight excluding hydrogens is 477 g/mol. The lowest BCUT2D eigenvalue weighted by molar-refractivity contribution is -0.139. The Bertz CT molecular complexity index is 1040. The molecule has 8 nitrogen and oxygen atoms in total. The van der Waals surface area contributed by atoms with Crippen LogP contribution in [-0.2, 0) is 27.0 Å². The van der Waals surface area contributed by atoms with Gasteiger partial charge in [0.2, 0.25) is 17.7 Å². The molecule has 3 rings (SSSR count). The van der Waals surface area contributed by atoms with Gasteiger partial charge in [-0.2, -0.15) is 13.2 Å². The standard InChI is InChI=1S/C25H31F3N4O4/c1-4-35-9-10-36-22-8-6-17(14-29-22)20-12-21(33)32-23(31-20)18-11-16(13-30-24(34)15(2)3)5-7-19(18)25(26,27)28/h5-8,11,14-15,20,23,31H,4,9-10,12-13H2,1-3H3,(H,30,34)(H,32,33). The van der Waals surface area contributed by atoms with Gasteiger partial charge in [-0.25, -0.2) is 4.98 Å². The first-order valence-electron chi connectivity index (χ1n) is 11.8. The molecule has 11 heteroatoms. The third kappa shape index (κ3) is 7.41. The van der Waals surface area contributed by atoms with Gasteiger partial charge >= 0.3 is 6.18 Å². The molecule has 36 heavy (non-hydrogen) atoms. The van der Waals surface area contributed by atoms with Crippen LogP contribution in [0.4, 0.5) is 13.2 Å². The molecule has 1 saturated heterocycles. The minimum absolute atomic E-state index is 0.0359. The lowest BCUT2D eigenvalue weighted by atomic mass is 9.96. The summed E-state index contributed by atoms with van der Waals surface area (Å²) in [6, 6.07) is 6.46. The van der Waals surface area contributed by atoms with Gasteiger partial charge < -0.3 is 20.1 Å². The number of halogens is 3. The summed E-state index contributed by atoms with van der Waals surface area (Å²) < 4.78 is 52.2. The van der Waals surface area contributed by atoms with Crippen molar-refractivity contribution in [1.29, 1.82) is 0 Å². The Morgan fingerprint density at radius 3 is 2.64 bits per heavy atom. The molecule has 1 aliphatic heterocycles. The number of alkyl halides is 3. The van der Waals surface area contributed by atoms with Crippen molar-refractivity contribution < 1.29 is 32.2 Å². The zero-order valence-corrected chi connectivity index (χ0v) is 20.4. The van der Waals surface area contributed by atoms with Crippen molar-refractivity contribution in [2.24, 2.45) is 5.92 Å². The topological polar surface area (TPSA) is 102 Å². The van der Waals surface area contributed by atoms with Crippen molar-refractivity contribution in [3.8, 4) is 5.88 Å². The largest absolute Gasteiger partial charge is 0.475 e. The highest BCUT2D eigenvalue weighted by Gasteiger charge is 2.38. The summed E-state index contributed by atoms with van der Waals surface area (Å²) in [5.74, 6) is -0.481. The molecule has 2 aromatic rings. The number of rotatable bonds is 10. The fraction of sp³-hybridized carbons (Fsp3) is 0.480. The normalized spacial score (nSPS) is 18.1. The molecule has 1 fully saturated rings. The van der Waals surface area contributed by atoms with Gasteiger partial charge in [0.1, 0.15) is 12.8 Å². The molecular formula is C25H31F3N4O4. The van der Waals surface area contributed by atoms with Crippen LogP contribution in [0, 0.1) is 5.92 Å². The number of pyridine rings is 1. The van der Waals surface area contributed by atoms with Gasteiger partial charge in [-0.1, -0.05) is 26.0 Å². The van der Waals surface area contributed by atoms with Crippen molar-refractivity contribution in [3.63, 3.8) is 0 Å². The van der Waals surface area contributed by atoms with Gasteiger partial charge in [-0.05, 0) is 30.2 Å². The molecule has 196 valence electrons. The lowest BCUT2D eigenvalue weighted by Crippen LogP contribution is -2.47. The second-order valence-corrected chi connectivity index (χ2v) is 8.69. The van der Waals surface area contributed by atoms with Gasteiger partial charge in [0.25, 0.3) is 0 Å². The summed E-state index contributed by atoms with van der Waals surface area (Å²) in [5.41, 5.74) is 0.137. The maximum absolute atomic E-state index is 13.8. The summed E-state index contributed by atoms with van der Waals surface area (Å²) in [6.45, 7) is 6.74. The number of carbonyl (C=O) groups is 2. The highest BCUT2D eigenvalue weighted by atomic mass is 19.4. The second kappa shape index (κ2) is 12.2. The molecule has 2 heterocycles. The van der Waals surface area contributed by atoms with E-state index < -0.39 is 29.9 Å². The van der Waals surface area contributed by atoms with Crippen molar-refractivity contribution in [3.05, 3.63) is 58.8 Å². The lowest BCUT2D eigenvalue weighted by Gasteiger charge is -2.33. The molecule has 2 amide bonds. The van der Waals surface area contributed by atoms with E-state index in [1.165, 1.54) is 18.3 Å². The fourth-order valence-electron chi connectivity index (χ4n) is 3.73. The van der Waals surface area contributed by atoms with Crippen LogP contribution in [0.5, 0.6) is 5.88 Å². The zero-order valence-electron chi connectivity index (χ0n) is 20.4. The predicted octanol–water partition coefficient (Wildman–Crippen LogP) is 3.64. The first-order valence-corrected chi connectivity index (χ1v) is 11.8. The van der Waals surface area contributed by atoms with Crippen LogP contribution in [0.1, 0.15) is 61.7 Å². The maximum Gasteiger partial charge on any atom is 0.416 e. The minimum atomic E-state index is -4.63. The molecule has 0 spiro atoms. The van der Waals surface area contributed by atoms with E-state index in [0.717, 1.165) is 6.07 Å². The molecule has 0 radical (unpaired) electrons. The second-order valence-electron chi connectivity index (χ2n) is 8.69. The summed E-state index contributed by atoms with van der Waals surface area (Å²) in [5, 5.41) is 8.41. The molecule has 3 N–H and O–H groups in total. The average Bonchev–Trinajstić information content (AvgIpc) is 2.84. The number of nitrogens with one attached hydrogen (secondary N) is 3. The number of hydrogen-bond acceptors (Lipinski definition) is 6. The zero-order chi connectivity index (χ0) is 26.3. The van der Waals surface area contributed by atoms with Gasteiger partial charge in [-0.15, -0.1) is 0 Å². The quantitative estimate of drug-likeness (QED) is 0.424. The van der Waals surface area contributed by atoms with Gasteiger partial charge in [-0.3, -0.25) is 14.9 Å². The van der Waals surface area contributed by atoms with E-state index in [1.807, 2.05) is 6.92 Å². The van der Waals surface area contributed by atoms with E-state index in [4.69, 9.17) is 9.47 Å². The van der Waals surface area contributed by atoms with Gasteiger partial charge in [0.15, 0.2) is 0 Å². The average molecular weight is 509 g/mol. The van der Waals surface area contributed by atoms with Crippen LogP contribution in [0.3, 0.4) is 0 Å². The Balaban J connectivity index is 1.80. The molecule has 2 unspecified atom stereocenters. The Morgan fingerprint density at radius 2 is 2.00 bits per heavy atom. The number of aromatic nitrogens is 1. The van der Waals surface area contributed by atoms with E-state index in [-0.39, 0.29) is 30.4 Å². The number of ether oxygens (including phenoxy) is 2. The van der Waals surface area contributed by atoms with Crippen LogP contribution in [0.15, 0.2) is 36.5 Å². The maximum atomic E-state index is 13.8. The van der Waals surface area contributed by atoms with Crippen molar-refractivity contribution >= 4 is 11.8 Å². The first kappa shape index (κ1) is 27.4. The molecule has 2 atom stereocenters. The molecule has 0 bridgehead atoms. The number of nitrogens with zero attached hydrogens (tertiary/aromatic N) is 1. The van der Waals surface area contributed by atoms with E-state index in [9.17, 15) is 22.8 Å². The molecule has 0 aliphatic carbocycles. The van der Waals surface area contributed by atoms with E-state index in [1.54, 1.807) is 26.0 Å². The minimum Gasteiger partial charge on any atom is -0.475 e. The van der Waals surface area contributed by atoms with Crippen LogP contribution < -0.4 is 20.7 Å².